The summed E-state index contributed by atoms with van der Waals surface area (Å²) in [6.45, 7) is 9.59. The summed E-state index contributed by atoms with van der Waals surface area (Å²) in [7, 11) is 0. The van der Waals surface area contributed by atoms with Gasteiger partial charge in [-0.3, -0.25) is 0 Å². The van der Waals surface area contributed by atoms with Gasteiger partial charge in [-0.2, -0.15) is 0 Å². The average molecular weight is 905 g/mol. The molecule has 69 heavy (non-hydrogen) atoms. The van der Waals surface area contributed by atoms with Crippen LogP contribution in [0.25, 0.3) is 53.6 Å². The lowest BCUT2D eigenvalue weighted by molar-refractivity contribution is 0.651. The Morgan fingerprint density at radius 3 is 2.10 bits per heavy atom. The monoisotopic (exact) mass is 904 g/mol. The van der Waals surface area contributed by atoms with Gasteiger partial charge in [0.1, 0.15) is 0 Å². The van der Waals surface area contributed by atoms with Gasteiger partial charge in [-0.15, -0.1) is 11.3 Å². The van der Waals surface area contributed by atoms with E-state index in [0.29, 0.717) is 0 Å². The molecule has 0 radical (unpaired) electrons. The first-order chi connectivity index (χ1) is 33.7. The Morgan fingerprint density at radius 1 is 0.565 bits per heavy atom. The van der Waals surface area contributed by atoms with Crippen LogP contribution in [0.1, 0.15) is 86.3 Å². The van der Waals surface area contributed by atoms with Crippen molar-refractivity contribution in [2.24, 2.45) is 0 Å². The Kier molecular flexibility index (Phi) is 8.84. The molecule has 14 rings (SSSR count). The van der Waals surface area contributed by atoms with Gasteiger partial charge < -0.3 is 9.80 Å². The summed E-state index contributed by atoms with van der Waals surface area (Å²) in [5, 5.41) is 2.65. The SMILES string of the molecule is CC1(C)C2=C(CCC=C2)c2cc3c(cc21)N(c1ccccc1)C1=CC=C(c2ccc(N(c4ccc(-c5ccc6sc7ccccc7c6c5)cc4)c4cccc5c4-c4ccccc4C5(C)C)cc2)CC13. The molecule has 0 amide bonds. The average Bonchev–Trinajstić information content (AvgIpc) is 4.07. The molecule has 1 atom stereocenters. The number of anilines is 5. The number of hydrogen-bond donors (Lipinski definition) is 0. The summed E-state index contributed by atoms with van der Waals surface area (Å²) in [5.41, 5.74) is 25.2. The highest BCUT2D eigenvalue weighted by Gasteiger charge is 2.43. The van der Waals surface area contributed by atoms with Crippen LogP contribution in [0.5, 0.6) is 0 Å². The van der Waals surface area contributed by atoms with E-state index in [0.717, 1.165) is 30.6 Å². The van der Waals surface area contributed by atoms with Crippen molar-refractivity contribution in [3.8, 4) is 22.3 Å². The minimum atomic E-state index is -0.108. The lowest BCUT2D eigenvalue weighted by Gasteiger charge is -2.29. The summed E-state index contributed by atoms with van der Waals surface area (Å²) in [6, 6.07) is 66.4. The van der Waals surface area contributed by atoms with E-state index in [1.165, 1.54) is 110 Å². The molecular weight excluding hydrogens is 853 g/mol. The maximum Gasteiger partial charge on any atom is 0.0543 e. The highest BCUT2D eigenvalue weighted by atomic mass is 32.1. The van der Waals surface area contributed by atoms with Crippen molar-refractivity contribution < 1.29 is 0 Å². The first-order valence-corrected chi connectivity index (χ1v) is 25.5. The van der Waals surface area contributed by atoms with Crippen LogP contribution in [0.15, 0.2) is 211 Å². The molecule has 0 saturated carbocycles. The molecule has 9 aromatic rings. The molecule has 1 aliphatic heterocycles. The van der Waals surface area contributed by atoms with Crippen LogP contribution < -0.4 is 9.80 Å². The van der Waals surface area contributed by atoms with Crippen LogP contribution in [-0.4, -0.2) is 0 Å². The highest BCUT2D eigenvalue weighted by Crippen LogP contribution is 2.59. The van der Waals surface area contributed by atoms with Gasteiger partial charge in [0, 0.05) is 65.2 Å². The summed E-state index contributed by atoms with van der Waals surface area (Å²) in [5.74, 6) is 0.265. The molecule has 5 aliphatic rings. The minimum absolute atomic E-state index is 0.0175. The lowest BCUT2D eigenvalue weighted by atomic mass is 9.79. The molecule has 332 valence electrons. The van der Waals surface area contributed by atoms with Gasteiger partial charge in [0.05, 0.1) is 11.4 Å². The van der Waals surface area contributed by atoms with Gasteiger partial charge >= 0.3 is 0 Å². The number of benzene rings is 8. The van der Waals surface area contributed by atoms with Gasteiger partial charge in [0.2, 0.25) is 0 Å². The van der Waals surface area contributed by atoms with E-state index >= 15 is 0 Å². The Labute approximate surface area is 409 Å². The fourth-order valence-electron chi connectivity index (χ4n) is 12.8. The molecule has 2 nitrogen and oxygen atoms in total. The van der Waals surface area contributed by atoms with E-state index in [1.807, 2.05) is 11.3 Å². The zero-order valence-electron chi connectivity index (χ0n) is 39.6. The van der Waals surface area contributed by atoms with Crippen LogP contribution in [0, 0.1) is 0 Å². The van der Waals surface area contributed by atoms with Gasteiger partial charge in [0.15, 0.2) is 0 Å². The molecule has 8 aromatic carbocycles. The fraction of sp³-hybridized carbons (Fsp3) is 0.152. The Bertz CT molecular complexity index is 3740. The maximum absolute atomic E-state index is 2.59. The summed E-state index contributed by atoms with van der Waals surface area (Å²) < 4.78 is 2.66. The molecule has 0 spiro atoms. The number of fused-ring (bicyclic) bond motifs is 11. The van der Waals surface area contributed by atoms with E-state index in [4.69, 9.17) is 0 Å². The van der Waals surface area contributed by atoms with Crippen molar-refractivity contribution in [2.75, 3.05) is 9.80 Å². The van der Waals surface area contributed by atoms with Gasteiger partial charge in [-0.25, -0.2) is 0 Å². The van der Waals surface area contributed by atoms with Crippen molar-refractivity contribution in [2.45, 2.75) is 63.7 Å². The van der Waals surface area contributed by atoms with Gasteiger partial charge in [-0.05, 0) is 165 Å². The lowest BCUT2D eigenvalue weighted by Crippen LogP contribution is -2.18. The third-order valence-electron chi connectivity index (χ3n) is 16.3. The number of para-hydroxylation sites is 1. The first kappa shape index (κ1) is 40.6. The number of nitrogens with zero attached hydrogens (tertiary/aromatic N) is 2. The normalized spacial score (nSPS) is 17.8. The zero-order chi connectivity index (χ0) is 46.2. The second-order valence-electron chi connectivity index (χ2n) is 20.7. The van der Waals surface area contributed by atoms with E-state index in [2.05, 4.69) is 238 Å². The number of rotatable bonds is 6. The van der Waals surface area contributed by atoms with Crippen molar-refractivity contribution in [3.63, 3.8) is 0 Å². The fourth-order valence-corrected chi connectivity index (χ4v) is 13.9. The van der Waals surface area contributed by atoms with Crippen molar-refractivity contribution in [1.82, 2.24) is 0 Å². The highest BCUT2D eigenvalue weighted by molar-refractivity contribution is 7.25. The van der Waals surface area contributed by atoms with E-state index in [-0.39, 0.29) is 16.7 Å². The van der Waals surface area contributed by atoms with Crippen molar-refractivity contribution >= 4 is 71.1 Å². The quantitative estimate of drug-likeness (QED) is 0.164. The molecule has 4 aliphatic carbocycles. The van der Waals surface area contributed by atoms with E-state index in [1.54, 1.807) is 5.57 Å². The van der Waals surface area contributed by atoms with Gasteiger partial charge in [-0.1, -0.05) is 149 Å². The second kappa shape index (κ2) is 15.0. The number of thiophene rings is 1. The van der Waals surface area contributed by atoms with Crippen LogP contribution in [0.3, 0.4) is 0 Å². The molecule has 1 aromatic heterocycles. The molecule has 0 bridgehead atoms. The number of hydrogen-bond acceptors (Lipinski definition) is 3. The molecule has 3 heteroatoms. The summed E-state index contributed by atoms with van der Waals surface area (Å²) >= 11 is 1.87. The molecule has 1 unspecified atom stereocenters. The van der Waals surface area contributed by atoms with Gasteiger partial charge in [0.25, 0.3) is 0 Å². The zero-order valence-corrected chi connectivity index (χ0v) is 40.4. The van der Waals surface area contributed by atoms with Crippen LogP contribution in [0.2, 0.25) is 0 Å². The summed E-state index contributed by atoms with van der Waals surface area (Å²) in [4.78, 5) is 5.03. The van der Waals surface area contributed by atoms with Crippen LogP contribution >= 0.6 is 11.3 Å². The van der Waals surface area contributed by atoms with Crippen LogP contribution in [0.4, 0.5) is 28.4 Å². The third-order valence-corrected chi connectivity index (χ3v) is 17.4. The largest absolute Gasteiger partial charge is 0.313 e. The van der Waals surface area contributed by atoms with E-state index in [9.17, 15) is 0 Å². The van der Waals surface area contributed by atoms with Crippen molar-refractivity contribution in [3.05, 3.63) is 245 Å². The van der Waals surface area contributed by atoms with Crippen LogP contribution in [-0.2, 0) is 10.8 Å². The van der Waals surface area contributed by atoms with E-state index < -0.39 is 0 Å². The second-order valence-corrected chi connectivity index (χ2v) is 21.8. The Morgan fingerprint density at radius 2 is 1.28 bits per heavy atom. The topological polar surface area (TPSA) is 6.48 Å². The number of allylic oxidation sites excluding steroid dienone is 8. The standard InChI is InChI=1S/C66H52N2S/c1-65(2)56-21-12-9-19-50(56)64-57(65)22-14-23-60(64)67(47-33-27-42(28-34-47)44-30-36-63-54(38-44)49-18-10-13-24-62(49)69-63)46-31-25-41(26-32-46)43-29-35-59-52(37-43)53-39-51-48-17-8-11-20-55(48)66(3,4)58(51)40-61(53)68(59)45-15-6-5-7-16-45/h5-7,9-16,18-36,38-40,52H,8,17,37H2,1-4H3. The maximum atomic E-state index is 2.59. The molecular formula is C66H52N2S. The molecule has 0 fully saturated rings. The third kappa shape index (κ3) is 6.03. The molecule has 0 N–H and O–H groups in total. The smallest absolute Gasteiger partial charge is 0.0543 e. The predicted octanol–water partition coefficient (Wildman–Crippen LogP) is 18.5. The minimum Gasteiger partial charge on any atom is -0.313 e. The van der Waals surface area contributed by atoms with Crippen molar-refractivity contribution in [1.29, 1.82) is 0 Å². The predicted molar refractivity (Wildman–Crippen MR) is 294 cm³/mol. The summed E-state index contributed by atoms with van der Waals surface area (Å²) in [6.07, 6.45) is 12.8. The Hall–Kier alpha value is -7.46. The first-order valence-electron chi connectivity index (χ1n) is 24.7. The molecule has 0 saturated heterocycles. The Balaban J connectivity index is 0.857. The molecule has 2 heterocycles.